The number of carbonyl (C=O) groups is 1. The molecule has 1 aromatic carbocycles. The van der Waals surface area contributed by atoms with Crippen LogP contribution < -0.4 is 4.74 Å². The first-order valence-corrected chi connectivity index (χ1v) is 19.1. The number of hydroxylamine groups is 2. The number of aliphatic hydroxyl groups excluding tert-OH is 7. The van der Waals surface area contributed by atoms with Crippen LogP contribution in [0.4, 0.5) is 0 Å². The number of hydrogen-bond acceptors (Lipinski definition) is 13. The van der Waals surface area contributed by atoms with Gasteiger partial charge in [0.2, 0.25) is 12.2 Å². The average Bonchev–Trinajstić information content (AvgIpc) is 3.57. The maximum atomic E-state index is 12.6. The van der Waals surface area contributed by atoms with Crippen LogP contribution in [0.5, 0.6) is 5.75 Å². The molecule has 2 fully saturated rings. The normalized spacial score (nSPS) is 29.2. The number of benzene rings is 1. The van der Waals surface area contributed by atoms with Crippen LogP contribution in [0.3, 0.4) is 0 Å². The predicted molar refractivity (Wildman–Crippen MR) is 193 cm³/mol. The van der Waals surface area contributed by atoms with E-state index in [1.807, 2.05) is 0 Å². The topological polar surface area (TPSA) is 235 Å². The molecule has 4 rings (SSSR count). The fourth-order valence-corrected chi connectivity index (χ4v) is 6.59. The van der Waals surface area contributed by atoms with Gasteiger partial charge in [-0.1, -0.05) is 57.6 Å². The number of fused-ring (bicyclic) bond motifs is 1. The molecule has 300 valence electrons. The van der Waals surface area contributed by atoms with Crippen LogP contribution in [0.1, 0.15) is 89.5 Å². The summed E-state index contributed by atoms with van der Waals surface area (Å²) in [6.07, 6.45) is 3.98. The number of ether oxygens (including phenoxy) is 4. The Balaban J connectivity index is 1.21. The molecule has 15 heteroatoms. The second-order valence-corrected chi connectivity index (χ2v) is 14.1. The molecular formula is C38H60N2O13. The van der Waals surface area contributed by atoms with Crippen molar-refractivity contribution in [2.75, 3.05) is 19.8 Å². The van der Waals surface area contributed by atoms with Gasteiger partial charge < -0.3 is 59.7 Å². The molecule has 53 heavy (non-hydrogen) atoms. The van der Waals surface area contributed by atoms with E-state index in [1.54, 1.807) is 24.4 Å². The Morgan fingerprint density at radius 1 is 0.811 bits per heavy atom. The number of amides is 1. The number of nitrogens with one attached hydrogen (secondary N) is 1. The number of unbranched alkanes of at least 4 members (excludes halogenated alkanes) is 9. The van der Waals surface area contributed by atoms with E-state index in [-0.39, 0.29) is 24.6 Å². The van der Waals surface area contributed by atoms with Gasteiger partial charge in [0, 0.05) is 23.5 Å². The first kappa shape index (κ1) is 43.1. The van der Waals surface area contributed by atoms with Gasteiger partial charge >= 0.3 is 0 Å². The number of nitrogens with zero attached hydrogens (tertiary/aromatic N) is 1. The van der Waals surface area contributed by atoms with Crippen LogP contribution in [-0.4, -0.2) is 138 Å². The van der Waals surface area contributed by atoms with E-state index in [0.717, 1.165) is 66.5 Å². The SMILES string of the molecule is CCCCCCC=CCCCCCCCC(=O)N(O)CCc1c[nH]c2ccc(O[C@H]3O[C@H](CO[C@H]4O[C@H](CO)[C@@H](O)[C@H](O)[C@H]4O)[C@@H](O)[C@H](O)[C@H]3O)cc12. The van der Waals surface area contributed by atoms with Gasteiger partial charge in [-0.15, -0.1) is 0 Å². The first-order chi connectivity index (χ1) is 25.5. The zero-order valence-corrected chi connectivity index (χ0v) is 30.6. The highest BCUT2D eigenvalue weighted by atomic mass is 16.7. The summed E-state index contributed by atoms with van der Waals surface area (Å²) >= 11 is 0. The number of hydrogen-bond donors (Lipinski definition) is 9. The Morgan fingerprint density at radius 3 is 2.13 bits per heavy atom. The van der Waals surface area contributed by atoms with Crippen LogP contribution in [0.25, 0.3) is 10.9 Å². The molecule has 0 bridgehead atoms. The van der Waals surface area contributed by atoms with Crippen LogP contribution in [0, 0.1) is 0 Å². The van der Waals surface area contributed by atoms with E-state index >= 15 is 0 Å². The summed E-state index contributed by atoms with van der Waals surface area (Å²) < 4.78 is 22.4. The van der Waals surface area contributed by atoms with Gasteiger partial charge in [0.1, 0.15) is 54.6 Å². The Labute approximate surface area is 310 Å². The Hall–Kier alpha value is -2.67. The number of rotatable bonds is 22. The average molecular weight is 753 g/mol. The smallest absolute Gasteiger partial charge is 0.245 e. The molecule has 10 atom stereocenters. The molecule has 9 N–H and O–H groups in total. The first-order valence-electron chi connectivity index (χ1n) is 19.1. The molecule has 1 amide bonds. The second-order valence-electron chi connectivity index (χ2n) is 14.1. The van der Waals surface area contributed by atoms with Crippen molar-refractivity contribution in [3.63, 3.8) is 0 Å². The van der Waals surface area contributed by atoms with Gasteiger partial charge in [-0.05, 0) is 62.3 Å². The van der Waals surface area contributed by atoms with Crippen molar-refractivity contribution in [1.82, 2.24) is 10.0 Å². The van der Waals surface area contributed by atoms with E-state index in [0.29, 0.717) is 6.42 Å². The highest BCUT2D eigenvalue weighted by Gasteiger charge is 2.48. The van der Waals surface area contributed by atoms with Crippen LogP contribution in [0.2, 0.25) is 0 Å². The van der Waals surface area contributed by atoms with Gasteiger partial charge in [0.25, 0.3) is 0 Å². The molecule has 0 saturated carbocycles. The van der Waals surface area contributed by atoms with Crippen molar-refractivity contribution in [3.8, 4) is 5.75 Å². The maximum Gasteiger partial charge on any atom is 0.245 e. The molecule has 2 aliphatic rings. The fraction of sp³-hybridized carbons (Fsp3) is 0.711. The fourth-order valence-electron chi connectivity index (χ4n) is 6.59. The van der Waals surface area contributed by atoms with Gasteiger partial charge in [-0.3, -0.25) is 10.0 Å². The minimum atomic E-state index is -1.70. The lowest BCUT2D eigenvalue weighted by Gasteiger charge is -2.42. The summed E-state index contributed by atoms with van der Waals surface area (Å²) in [5, 5.41) is 83.4. The Morgan fingerprint density at radius 2 is 1.43 bits per heavy atom. The molecule has 3 heterocycles. The van der Waals surface area contributed by atoms with E-state index in [9.17, 15) is 45.7 Å². The van der Waals surface area contributed by atoms with Crippen molar-refractivity contribution in [2.45, 2.75) is 152 Å². The van der Waals surface area contributed by atoms with Crippen LogP contribution in [-0.2, 0) is 25.4 Å². The summed E-state index contributed by atoms with van der Waals surface area (Å²) in [7, 11) is 0. The number of allylic oxidation sites excluding steroid dienone is 2. The zero-order valence-electron chi connectivity index (χ0n) is 30.6. The van der Waals surface area contributed by atoms with Crippen molar-refractivity contribution in [2.24, 2.45) is 0 Å². The zero-order chi connectivity index (χ0) is 38.3. The predicted octanol–water partition coefficient (Wildman–Crippen LogP) is 2.19. The number of H-pyrrole nitrogens is 1. The van der Waals surface area contributed by atoms with Crippen molar-refractivity contribution in [3.05, 3.63) is 42.1 Å². The molecule has 2 aliphatic heterocycles. The molecule has 0 radical (unpaired) electrons. The van der Waals surface area contributed by atoms with Gasteiger partial charge in [-0.25, -0.2) is 5.06 Å². The summed E-state index contributed by atoms with van der Waals surface area (Å²) in [6, 6.07) is 5.03. The molecule has 0 spiro atoms. The van der Waals surface area contributed by atoms with E-state index in [4.69, 9.17) is 18.9 Å². The molecule has 15 nitrogen and oxygen atoms in total. The Kier molecular flexibility index (Phi) is 17.9. The third kappa shape index (κ3) is 12.4. The minimum Gasteiger partial charge on any atom is -0.462 e. The quantitative estimate of drug-likeness (QED) is 0.0364. The van der Waals surface area contributed by atoms with Gasteiger partial charge in [0.05, 0.1) is 19.8 Å². The molecule has 2 saturated heterocycles. The molecule has 0 aliphatic carbocycles. The van der Waals surface area contributed by atoms with E-state index < -0.39 is 74.6 Å². The summed E-state index contributed by atoms with van der Waals surface area (Å²) in [5.74, 6) is -0.0657. The third-order valence-corrected chi connectivity index (χ3v) is 9.97. The number of carbonyl (C=O) groups excluding carboxylic acids is 1. The lowest BCUT2D eigenvalue weighted by atomic mass is 9.98. The lowest BCUT2D eigenvalue weighted by molar-refractivity contribution is -0.323. The molecule has 0 unspecified atom stereocenters. The van der Waals surface area contributed by atoms with Crippen LogP contribution >= 0.6 is 0 Å². The number of aromatic amines is 1. The van der Waals surface area contributed by atoms with Gasteiger partial charge in [0.15, 0.2) is 6.29 Å². The molecule has 1 aromatic heterocycles. The Bertz CT molecular complexity index is 1390. The van der Waals surface area contributed by atoms with Gasteiger partial charge in [-0.2, -0.15) is 0 Å². The van der Waals surface area contributed by atoms with Crippen LogP contribution in [0.15, 0.2) is 36.5 Å². The monoisotopic (exact) mass is 752 g/mol. The summed E-state index contributed by atoms with van der Waals surface area (Å²) in [6.45, 7) is 1.17. The molecular weight excluding hydrogens is 692 g/mol. The standard InChI is InChI=1S/C38H60N2O13/c1-2-3-4-5-6-7-8-9-10-11-12-13-14-15-30(42)40(49)19-18-24-21-39-27-17-16-25(20-26(24)27)51-38-36(48)34(46)32(44)29(53-38)23-50-37-35(47)33(45)31(43)28(22-41)52-37/h7-8,16-17,20-21,28-29,31-39,41,43-49H,2-6,9-15,18-19,22-23H2,1H3/t28-,29-,31-,32-,33+,34+,35-,36-,37+,38+/m1/s1. The lowest BCUT2D eigenvalue weighted by Crippen LogP contribution is -2.62. The third-order valence-electron chi connectivity index (χ3n) is 9.97. The highest BCUT2D eigenvalue weighted by molar-refractivity contribution is 5.84. The number of aromatic nitrogens is 1. The largest absolute Gasteiger partial charge is 0.462 e. The summed E-state index contributed by atoms with van der Waals surface area (Å²) in [4.78, 5) is 15.7. The summed E-state index contributed by atoms with van der Waals surface area (Å²) in [5.41, 5.74) is 1.57. The highest BCUT2D eigenvalue weighted by Crippen LogP contribution is 2.30. The van der Waals surface area contributed by atoms with Crippen molar-refractivity contribution >= 4 is 16.8 Å². The maximum absolute atomic E-state index is 12.6. The minimum absolute atomic E-state index is 0.0896. The second kappa shape index (κ2) is 22.0. The molecule has 2 aromatic rings. The van der Waals surface area contributed by atoms with Crippen molar-refractivity contribution in [1.29, 1.82) is 0 Å². The number of aliphatic hydroxyl groups is 7. The van der Waals surface area contributed by atoms with Crippen molar-refractivity contribution < 1.29 is 64.7 Å². The van der Waals surface area contributed by atoms with E-state index in [1.165, 1.54) is 25.7 Å². The van der Waals surface area contributed by atoms with E-state index in [2.05, 4.69) is 24.1 Å².